The third-order valence-electron chi connectivity index (χ3n) is 4.45. The van der Waals surface area contributed by atoms with Crippen LogP contribution in [0, 0.1) is 0 Å². The predicted molar refractivity (Wildman–Crippen MR) is 114 cm³/mol. The molecule has 1 saturated heterocycles. The number of hydrogen-bond acceptors (Lipinski definition) is 6. The van der Waals surface area contributed by atoms with E-state index in [1.807, 2.05) is 0 Å². The van der Waals surface area contributed by atoms with Gasteiger partial charge in [0.1, 0.15) is 16.4 Å². The van der Waals surface area contributed by atoms with Crippen molar-refractivity contribution in [3.05, 3.63) is 44.8 Å². The van der Waals surface area contributed by atoms with Crippen LogP contribution < -0.4 is 4.74 Å². The number of aromatic hydroxyl groups is 1. The first kappa shape index (κ1) is 22.6. The van der Waals surface area contributed by atoms with Gasteiger partial charge in [0.25, 0.3) is 0 Å². The molecule has 0 spiro atoms. The molecule has 0 unspecified atom stereocenters. The molecule has 3 rings (SSSR count). The Morgan fingerprint density at radius 3 is 2.31 bits per heavy atom. The molecular formula is C17H16BrCl2NO6S2. The molecule has 0 amide bonds. The Balaban J connectivity index is 1.94. The number of benzene rings is 2. The second-order valence-corrected chi connectivity index (χ2v) is 12.5. The first-order valence-corrected chi connectivity index (χ1v) is 13.2. The molecule has 0 aliphatic carbocycles. The Bertz CT molecular complexity index is 1150. The van der Waals surface area contributed by atoms with Gasteiger partial charge in [-0.1, -0.05) is 39.1 Å². The molecule has 0 saturated carbocycles. The van der Waals surface area contributed by atoms with E-state index >= 15 is 0 Å². The lowest BCUT2D eigenvalue weighted by molar-refractivity contribution is 0.436. The van der Waals surface area contributed by atoms with Crippen molar-refractivity contribution in [1.82, 2.24) is 4.31 Å². The summed E-state index contributed by atoms with van der Waals surface area (Å²) in [5, 5.41) is 9.76. The Morgan fingerprint density at radius 2 is 1.76 bits per heavy atom. The van der Waals surface area contributed by atoms with E-state index in [-0.39, 0.29) is 41.1 Å². The lowest BCUT2D eigenvalue weighted by Crippen LogP contribution is -2.31. The topological polar surface area (TPSA) is 101 Å². The van der Waals surface area contributed by atoms with Gasteiger partial charge in [0.05, 0.1) is 15.3 Å². The lowest BCUT2D eigenvalue weighted by Gasteiger charge is -2.18. The lowest BCUT2D eigenvalue weighted by atomic mass is 10.3. The number of rotatable bonds is 5. The van der Waals surface area contributed by atoms with Crippen LogP contribution in [0.3, 0.4) is 0 Å². The molecule has 12 heteroatoms. The summed E-state index contributed by atoms with van der Waals surface area (Å²) in [5.41, 5.74) is 0. The molecule has 1 N–H and O–H groups in total. The van der Waals surface area contributed by atoms with Gasteiger partial charge < -0.3 is 9.84 Å². The molecule has 1 aliphatic rings. The molecule has 0 aromatic heterocycles. The zero-order valence-corrected chi connectivity index (χ0v) is 19.7. The average Bonchev–Trinajstić information content (AvgIpc) is 3.10. The highest BCUT2D eigenvalue weighted by Crippen LogP contribution is 2.40. The van der Waals surface area contributed by atoms with Crippen LogP contribution in [0.25, 0.3) is 0 Å². The van der Waals surface area contributed by atoms with E-state index in [1.165, 1.54) is 12.1 Å². The fraction of sp³-hybridized carbons (Fsp3) is 0.294. The number of sulfone groups is 1. The minimum Gasteiger partial charge on any atom is -0.507 e. The summed E-state index contributed by atoms with van der Waals surface area (Å²) in [6.45, 7) is -0.134. The van der Waals surface area contributed by atoms with Crippen LogP contribution in [-0.4, -0.2) is 50.8 Å². The molecule has 1 heterocycles. The minimum absolute atomic E-state index is 0.0367. The molecular weight excluding hydrogens is 529 g/mol. The number of sulfonamides is 1. The third-order valence-corrected chi connectivity index (χ3v) is 8.95. The zero-order valence-electron chi connectivity index (χ0n) is 15.0. The van der Waals surface area contributed by atoms with Crippen LogP contribution in [0.1, 0.15) is 6.42 Å². The van der Waals surface area contributed by atoms with Crippen molar-refractivity contribution in [3.8, 4) is 17.2 Å². The second-order valence-electron chi connectivity index (χ2n) is 6.53. The highest BCUT2D eigenvalue weighted by atomic mass is 79.9. The molecule has 29 heavy (non-hydrogen) atoms. The predicted octanol–water partition coefficient (Wildman–Crippen LogP) is 4.06. The van der Waals surface area contributed by atoms with Crippen LogP contribution in [0.2, 0.25) is 10.0 Å². The Hall–Kier alpha value is -1.04. The van der Waals surface area contributed by atoms with Crippen molar-refractivity contribution in [2.24, 2.45) is 0 Å². The SMILES string of the molecule is CS(=O)(=O)[C@@H]1CCN(S(=O)(=O)c2cc(Oc3c(Cl)cc(Br)cc3Cl)ccc2O)C1. The monoisotopic (exact) mass is 543 g/mol. The summed E-state index contributed by atoms with van der Waals surface area (Å²) in [5.74, 6) is -0.261. The van der Waals surface area contributed by atoms with E-state index in [0.717, 1.165) is 16.6 Å². The van der Waals surface area contributed by atoms with Crippen molar-refractivity contribution in [3.63, 3.8) is 0 Å². The van der Waals surface area contributed by atoms with Gasteiger partial charge in [-0.15, -0.1) is 0 Å². The summed E-state index contributed by atoms with van der Waals surface area (Å²) >= 11 is 15.5. The molecule has 1 aliphatic heterocycles. The maximum Gasteiger partial charge on any atom is 0.246 e. The fourth-order valence-corrected chi connectivity index (χ4v) is 6.88. The number of nitrogens with zero attached hydrogens (tertiary/aromatic N) is 1. The fourth-order valence-electron chi connectivity index (χ4n) is 2.91. The molecule has 2 aromatic rings. The molecule has 2 aromatic carbocycles. The highest BCUT2D eigenvalue weighted by Gasteiger charge is 2.38. The summed E-state index contributed by atoms with van der Waals surface area (Å²) in [6.07, 6.45) is 1.27. The van der Waals surface area contributed by atoms with Crippen molar-refractivity contribution < 1.29 is 26.7 Å². The molecule has 7 nitrogen and oxygen atoms in total. The first-order valence-electron chi connectivity index (χ1n) is 8.24. The Kier molecular flexibility index (Phi) is 6.43. The quantitative estimate of drug-likeness (QED) is 0.609. The smallest absolute Gasteiger partial charge is 0.246 e. The van der Waals surface area contributed by atoms with Gasteiger partial charge in [0.15, 0.2) is 15.6 Å². The van der Waals surface area contributed by atoms with Gasteiger partial charge in [0.2, 0.25) is 10.0 Å². The zero-order chi connectivity index (χ0) is 21.6. The van der Waals surface area contributed by atoms with Crippen molar-refractivity contribution in [2.45, 2.75) is 16.6 Å². The van der Waals surface area contributed by atoms with Gasteiger partial charge in [-0.3, -0.25) is 0 Å². The van der Waals surface area contributed by atoms with Crippen molar-refractivity contribution >= 4 is 59.0 Å². The summed E-state index contributed by atoms with van der Waals surface area (Å²) in [6, 6.07) is 6.82. The van der Waals surface area contributed by atoms with Crippen LogP contribution >= 0.6 is 39.1 Å². The number of hydrogen-bond donors (Lipinski definition) is 1. The van der Waals surface area contributed by atoms with E-state index in [9.17, 15) is 21.9 Å². The largest absolute Gasteiger partial charge is 0.507 e. The standard InChI is InChI=1S/C17H16BrCl2NO6S2/c1-28(23,24)12-4-5-21(9-12)29(25,26)16-8-11(2-3-15(16)22)27-17-13(19)6-10(18)7-14(17)20/h2-3,6-8,12,22H,4-5,9H2,1H3/t12-/m1/s1. The minimum atomic E-state index is -4.14. The Morgan fingerprint density at radius 1 is 1.14 bits per heavy atom. The maximum absolute atomic E-state index is 13.0. The molecule has 0 bridgehead atoms. The highest BCUT2D eigenvalue weighted by molar-refractivity contribution is 9.10. The van der Waals surface area contributed by atoms with Gasteiger partial charge in [-0.25, -0.2) is 16.8 Å². The second kappa shape index (κ2) is 8.24. The number of phenolic OH excluding ortho intramolecular Hbond substituents is 1. The Labute approximate surface area is 187 Å². The van der Waals surface area contributed by atoms with E-state index in [1.54, 1.807) is 12.1 Å². The number of ether oxygens (including phenoxy) is 1. The van der Waals surface area contributed by atoms with Gasteiger partial charge in [-0.2, -0.15) is 4.31 Å². The third kappa shape index (κ3) is 4.83. The molecule has 1 fully saturated rings. The summed E-state index contributed by atoms with van der Waals surface area (Å²) in [4.78, 5) is -0.395. The maximum atomic E-state index is 13.0. The van der Waals surface area contributed by atoms with Crippen LogP contribution in [0.15, 0.2) is 39.7 Å². The van der Waals surface area contributed by atoms with Gasteiger partial charge >= 0.3 is 0 Å². The normalized spacial score (nSPS) is 18.1. The first-order chi connectivity index (χ1) is 13.4. The van der Waals surface area contributed by atoms with E-state index in [0.29, 0.717) is 4.47 Å². The molecule has 158 valence electrons. The summed E-state index contributed by atoms with van der Waals surface area (Å²) < 4.78 is 56.7. The summed E-state index contributed by atoms with van der Waals surface area (Å²) in [7, 11) is -7.52. The van der Waals surface area contributed by atoms with E-state index in [4.69, 9.17) is 27.9 Å². The molecule has 0 radical (unpaired) electrons. The molecule has 1 atom stereocenters. The van der Waals surface area contributed by atoms with Crippen LogP contribution in [-0.2, 0) is 19.9 Å². The van der Waals surface area contributed by atoms with Crippen LogP contribution in [0.4, 0.5) is 0 Å². The van der Waals surface area contributed by atoms with Crippen molar-refractivity contribution in [2.75, 3.05) is 19.3 Å². The van der Waals surface area contributed by atoms with Gasteiger partial charge in [-0.05, 0) is 30.7 Å². The van der Waals surface area contributed by atoms with Crippen molar-refractivity contribution in [1.29, 1.82) is 0 Å². The van der Waals surface area contributed by atoms with E-state index in [2.05, 4.69) is 15.9 Å². The van der Waals surface area contributed by atoms with Crippen LogP contribution in [0.5, 0.6) is 17.2 Å². The number of phenols is 1. The van der Waals surface area contributed by atoms with E-state index < -0.39 is 35.8 Å². The number of halogens is 3. The van der Waals surface area contributed by atoms with Gasteiger partial charge in [0, 0.05) is 29.9 Å². The average molecular weight is 545 g/mol.